The molecule has 0 aliphatic heterocycles. The molecule has 29 heavy (non-hydrogen) atoms. The first-order valence-electron chi connectivity index (χ1n) is 9.78. The fraction of sp³-hybridized carbons (Fsp3) is 0.280. The SMILES string of the molecule is C=C(OC)c1ccc(C(C)(c2ccc(OCc3ccccn3)cn2)C(C)C)cc1. The minimum absolute atomic E-state index is 0.230. The molecule has 0 radical (unpaired) electrons. The summed E-state index contributed by atoms with van der Waals surface area (Å²) >= 11 is 0. The van der Waals surface area contributed by atoms with Crippen LogP contribution in [0.15, 0.2) is 73.6 Å². The molecule has 2 heterocycles. The van der Waals surface area contributed by atoms with Crippen molar-refractivity contribution in [1.82, 2.24) is 9.97 Å². The van der Waals surface area contributed by atoms with E-state index in [1.807, 2.05) is 36.4 Å². The van der Waals surface area contributed by atoms with Gasteiger partial charge in [-0.25, -0.2) is 0 Å². The first-order valence-corrected chi connectivity index (χ1v) is 9.78. The van der Waals surface area contributed by atoms with E-state index in [4.69, 9.17) is 14.5 Å². The van der Waals surface area contributed by atoms with E-state index in [1.165, 1.54) is 5.56 Å². The van der Waals surface area contributed by atoms with Gasteiger partial charge in [0.05, 0.1) is 24.7 Å². The van der Waals surface area contributed by atoms with Crippen LogP contribution in [0.25, 0.3) is 5.76 Å². The topological polar surface area (TPSA) is 44.2 Å². The molecule has 1 aromatic carbocycles. The van der Waals surface area contributed by atoms with Crippen molar-refractivity contribution in [1.29, 1.82) is 0 Å². The predicted molar refractivity (Wildman–Crippen MR) is 117 cm³/mol. The van der Waals surface area contributed by atoms with Crippen molar-refractivity contribution >= 4 is 5.76 Å². The molecular weight excluding hydrogens is 360 g/mol. The highest BCUT2D eigenvalue weighted by Crippen LogP contribution is 2.38. The van der Waals surface area contributed by atoms with Gasteiger partial charge in [0.2, 0.25) is 0 Å². The van der Waals surface area contributed by atoms with Crippen molar-refractivity contribution in [2.24, 2.45) is 5.92 Å². The van der Waals surface area contributed by atoms with Crippen LogP contribution in [0, 0.1) is 5.92 Å². The van der Waals surface area contributed by atoms with E-state index in [2.05, 4.69) is 50.5 Å². The van der Waals surface area contributed by atoms with E-state index < -0.39 is 0 Å². The molecule has 4 heteroatoms. The zero-order valence-electron chi connectivity index (χ0n) is 17.6. The molecule has 0 bridgehead atoms. The van der Waals surface area contributed by atoms with Crippen molar-refractivity contribution in [3.63, 3.8) is 0 Å². The van der Waals surface area contributed by atoms with E-state index in [0.29, 0.717) is 18.3 Å². The van der Waals surface area contributed by atoms with Crippen LogP contribution >= 0.6 is 0 Å². The summed E-state index contributed by atoms with van der Waals surface area (Å²) in [5, 5.41) is 0. The fourth-order valence-electron chi connectivity index (χ4n) is 3.31. The normalized spacial score (nSPS) is 13.0. The second kappa shape index (κ2) is 8.91. The Morgan fingerprint density at radius 2 is 1.79 bits per heavy atom. The van der Waals surface area contributed by atoms with Crippen LogP contribution < -0.4 is 4.74 Å². The van der Waals surface area contributed by atoms with Crippen molar-refractivity contribution in [3.8, 4) is 5.75 Å². The van der Waals surface area contributed by atoms with Crippen LogP contribution in [0.4, 0.5) is 0 Å². The minimum Gasteiger partial charge on any atom is -0.497 e. The molecular formula is C25H28N2O2. The molecule has 4 nitrogen and oxygen atoms in total. The summed E-state index contributed by atoms with van der Waals surface area (Å²) in [6, 6.07) is 18.2. The first-order chi connectivity index (χ1) is 13.9. The number of ether oxygens (including phenoxy) is 2. The predicted octanol–water partition coefficient (Wildman–Crippen LogP) is 5.63. The lowest BCUT2D eigenvalue weighted by molar-refractivity contribution is 0.299. The van der Waals surface area contributed by atoms with Gasteiger partial charge in [0.1, 0.15) is 18.1 Å². The maximum absolute atomic E-state index is 5.83. The summed E-state index contributed by atoms with van der Waals surface area (Å²) < 4.78 is 11.1. The monoisotopic (exact) mass is 388 g/mol. The summed E-state index contributed by atoms with van der Waals surface area (Å²) in [4.78, 5) is 9.03. The van der Waals surface area contributed by atoms with Gasteiger partial charge in [0.15, 0.2) is 0 Å². The molecule has 0 saturated heterocycles. The Hall–Kier alpha value is -3.14. The number of pyridine rings is 2. The van der Waals surface area contributed by atoms with Gasteiger partial charge in [-0.3, -0.25) is 9.97 Å². The van der Waals surface area contributed by atoms with Crippen LogP contribution in [0.3, 0.4) is 0 Å². The molecule has 3 rings (SSSR count). The number of aromatic nitrogens is 2. The lowest BCUT2D eigenvalue weighted by atomic mass is 9.70. The van der Waals surface area contributed by atoms with Gasteiger partial charge in [-0.2, -0.15) is 0 Å². The Balaban J connectivity index is 1.82. The van der Waals surface area contributed by atoms with Gasteiger partial charge in [0, 0.05) is 17.2 Å². The quantitative estimate of drug-likeness (QED) is 0.469. The second-order valence-corrected chi connectivity index (χ2v) is 7.55. The smallest absolute Gasteiger partial charge is 0.138 e. The summed E-state index contributed by atoms with van der Waals surface area (Å²) in [5.74, 6) is 1.75. The summed E-state index contributed by atoms with van der Waals surface area (Å²) in [5.41, 5.74) is 3.85. The molecule has 0 N–H and O–H groups in total. The molecule has 0 amide bonds. The average Bonchev–Trinajstić information content (AvgIpc) is 2.77. The third-order valence-corrected chi connectivity index (χ3v) is 5.59. The second-order valence-electron chi connectivity index (χ2n) is 7.55. The van der Waals surface area contributed by atoms with E-state index in [0.717, 1.165) is 22.7 Å². The van der Waals surface area contributed by atoms with Crippen molar-refractivity contribution < 1.29 is 9.47 Å². The van der Waals surface area contributed by atoms with E-state index >= 15 is 0 Å². The number of methoxy groups -OCH3 is 1. The van der Waals surface area contributed by atoms with Gasteiger partial charge in [-0.15, -0.1) is 0 Å². The summed E-state index contributed by atoms with van der Waals surface area (Å²) in [6.07, 6.45) is 3.56. The van der Waals surface area contributed by atoms with Gasteiger partial charge in [-0.05, 0) is 42.7 Å². The van der Waals surface area contributed by atoms with Crippen LogP contribution in [0.5, 0.6) is 5.75 Å². The Kier molecular flexibility index (Phi) is 6.32. The van der Waals surface area contributed by atoms with E-state index in [1.54, 1.807) is 19.5 Å². The third kappa shape index (κ3) is 4.48. The third-order valence-electron chi connectivity index (χ3n) is 5.59. The van der Waals surface area contributed by atoms with Crippen molar-refractivity contribution in [3.05, 3.63) is 96.1 Å². The molecule has 0 aliphatic carbocycles. The largest absolute Gasteiger partial charge is 0.497 e. The lowest BCUT2D eigenvalue weighted by Gasteiger charge is -2.34. The summed E-state index contributed by atoms with van der Waals surface area (Å²) in [6.45, 7) is 11.0. The van der Waals surface area contributed by atoms with Crippen LogP contribution in [0.2, 0.25) is 0 Å². The Labute approximate surface area is 173 Å². The van der Waals surface area contributed by atoms with Gasteiger partial charge < -0.3 is 9.47 Å². The standard InChI is InChI=1S/C25H28N2O2/c1-18(2)25(4,21-11-9-20(10-12-21)19(3)28-5)24-14-13-23(16-27-24)29-17-22-8-6-7-15-26-22/h6-16,18H,3,17H2,1-2,4-5H3. The highest BCUT2D eigenvalue weighted by atomic mass is 16.5. The molecule has 150 valence electrons. The molecule has 0 spiro atoms. The molecule has 1 unspecified atom stereocenters. The Bertz CT molecular complexity index is 935. The van der Waals surface area contributed by atoms with Crippen LogP contribution in [-0.2, 0) is 16.8 Å². The average molecular weight is 389 g/mol. The molecule has 3 aromatic rings. The fourth-order valence-corrected chi connectivity index (χ4v) is 3.31. The van der Waals surface area contributed by atoms with Gasteiger partial charge >= 0.3 is 0 Å². The Morgan fingerprint density at radius 1 is 1.03 bits per heavy atom. The number of nitrogens with zero attached hydrogens (tertiary/aromatic N) is 2. The summed E-state index contributed by atoms with van der Waals surface area (Å²) in [7, 11) is 1.63. The van der Waals surface area contributed by atoms with E-state index in [9.17, 15) is 0 Å². The van der Waals surface area contributed by atoms with Crippen molar-refractivity contribution in [2.45, 2.75) is 32.8 Å². The number of hydrogen-bond donors (Lipinski definition) is 0. The zero-order chi connectivity index (χ0) is 20.9. The molecule has 2 aromatic heterocycles. The maximum Gasteiger partial charge on any atom is 0.138 e. The van der Waals surface area contributed by atoms with Crippen LogP contribution in [-0.4, -0.2) is 17.1 Å². The zero-order valence-corrected chi connectivity index (χ0v) is 17.6. The molecule has 1 atom stereocenters. The molecule has 0 fully saturated rings. The number of hydrogen-bond acceptors (Lipinski definition) is 4. The molecule has 0 aliphatic rings. The highest BCUT2D eigenvalue weighted by molar-refractivity contribution is 5.58. The first kappa shape index (κ1) is 20.6. The van der Waals surface area contributed by atoms with Gasteiger partial charge in [0.25, 0.3) is 0 Å². The minimum atomic E-state index is -0.230. The van der Waals surface area contributed by atoms with Crippen LogP contribution in [0.1, 0.15) is 43.3 Å². The highest BCUT2D eigenvalue weighted by Gasteiger charge is 2.34. The van der Waals surface area contributed by atoms with Crippen molar-refractivity contribution in [2.75, 3.05) is 7.11 Å². The lowest BCUT2D eigenvalue weighted by Crippen LogP contribution is -2.31. The molecule has 0 saturated carbocycles. The number of benzene rings is 1. The van der Waals surface area contributed by atoms with Gasteiger partial charge in [-0.1, -0.05) is 50.8 Å². The number of rotatable bonds is 8. The van der Waals surface area contributed by atoms with E-state index in [-0.39, 0.29) is 5.41 Å². The Morgan fingerprint density at radius 3 is 2.34 bits per heavy atom. The maximum atomic E-state index is 5.83.